The molecule has 0 bridgehead atoms. The third kappa shape index (κ3) is 2.97. The van der Waals surface area contributed by atoms with Crippen LogP contribution in [0.15, 0.2) is 6.20 Å². The Hall–Kier alpha value is -1.36. The first-order valence-electron chi connectivity index (χ1n) is 7.00. The molecule has 0 radical (unpaired) electrons. The molecule has 1 aromatic heterocycles. The number of rotatable bonds is 4. The molecule has 19 heavy (non-hydrogen) atoms. The van der Waals surface area contributed by atoms with Gasteiger partial charge in [0.05, 0.1) is 19.0 Å². The van der Waals surface area contributed by atoms with Crippen molar-refractivity contribution in [1.82, 2.24) is 14.7 Å². The number of aromatic nitrogens is 2. The number of ether oxygens (including phenoxy) is 1. The first kappa shape index (κ1) is 14.1. The largest absolute Gasteiger partial charge is 0.465 e. The van der Waals surface area contributed by atoms with E-state index >= 15 is 0 Å². The van der Waals surface area contributed by atoms with E-state index in [-0.39, 0.29) is 5.97 Å². The van der Waals surface area contributed by atoms with E-state index in [4.69, 9.17) is 4.74 Å². The van der Waals surface area contributed by atoms with Crippen LogP contribution >= 0.6 is 0 Å². The Balaban J connectivity index is 2.17. The Labute approximate surface area is 114 Å². The lowest BCUT2D eigenvalue weighted by molar-refractivity contribution is 0.0595. The van der Waals surface area contributed by atoms with Crippen molar-refractivity contribution in [3.05, 3.63) is 17.5 Å². The maximum absolute atomic E-state index is 11.7. The molecule has 0 aromatic carbocycles. The number of esters is 1. The number of hydrogen-bond acceptors (Lipinski definition) is 4. The molecule has 0 amide bonds. The summed E-state index contributed by atoms with van der Waals surface area (Å²) in [5.74, 6) is -0.298. The molecule has 0 unspecified atom stereocenters. The van der Waals surface area contributed by atoms with Gasteiger partial charge in [0, 0.05) is 19.6 Å². The number of carbonyl (C=O) groups excluding carboxylic acids is 1. The van der Waals surface area contributed by atoms with Crippen molar-refractivity contribution in [2.75, 3.05) is 13.7 Å². The molecule has 0 aliphatic carbocycles. The number of methoxy groups -OCH3 is 1. The fourth-order valence-corrected chi connectivity index (χ4v) is 2.85. The van der Waals surface area contributed by atoms with Crippen molar-refractivity contribution in [2.24, 2.45) is 7.05 Å². The summed E-state index contributed by atoms with van der Waals surface area (Å²) in [7, 11) is 3.29. The number of likely N-dealkylation sites (tertiary alicyclic amines) is 1. The third-order valence-electron chi connectivity index (χ3n) is 4.04. The average Bonchev–Trinajstić information content (AvgIpc) is 2.80. The van der Waals surface area contributed by atoms with Crippen molar-refractivity contribution < 1.29 is 9.53 Å². The summed E-state index contributed by atoms with van der Waals surface area (Å²) in [6, 6.07) is 0.620. The minimum absolute atomic E-state index is 0.298. The van der Waals surface area contributed by atoms with Gasteiger partial charge in [0.1, 0.15) is 5.56 Å². The van der Waals surface area contributed by atoms with Crippen molar-refractivity contribution in [2.45, 2.75) is 45.2 Å². The van der Waals surface area contributed by atoms with Crippen LogP contribution in [0.25, 0.3) is 0 Å². The van der Waals surface area contributed by atoms with Crippen LogP contribution in [0.1, 0.15) is 48.7 Å². The van der Waals surface area contributed by atoms with Gasteiger partial charge < -0.3 is 4.74 Å². The van der Waals surface area contributed by atoms with Gasteiger partial charge in [-0.05, 0) is 25.8 Å². The standard InChI is InChI=1S/C14H23N3O2/c1-4-11-7-5-6-8-17(11)10-13-12(14(18)19-3)9-15-16(13)2/h9,11H,4-8,10H2,1-3H3/t11-/m1/s1. The first-order valence-corrected chi connectivity index (χ1v) is 7.00. The molecular formula is C14H23N3O2. The van der Waals surface area contributed by atoms with Crippen LogP contribution in [-0.4, -0.2) is 40.3 Å². The van der Waals surface area contributed by atoms with E-state index in [1.807, 2.05) is 7.05 Å². The molecule has 0 spiro atoms. The van der Waals surface area contributed by atoms with Gasteiger partial charge in [0.2, 0.25) is 0 Å². The lowest BCUT2D eigenvalue weighted by atomic mass is 9.99. The summed E-state index contributed by atoms with van der Waals surface area (Å²) in [4.78, 5) is 14.2. The zero-order valence-corrected chi connectivity index (χ0v) is 12.1. The van der Waals surface area contributed by atoms with Gasteiger partial charge in [0.25, 0.3) is 0 Å². The second kappa shape index (κ2) is 6.19. The molecule has 1 atom stereocenters. The molecule has 0 saturated carbocycles. The van der Waals surface area contributed by atoms with Crippen molar-refractivity contribution >= 4 is 5.97 Å². The lowest BCUT2D eigenvalue weighted by Crippen LogP contribution is -2.39. The van der Waals surface area contributed by atoms with E-state index < -0.39 is 0 Å². The molecule has 1 aliphatic heterocycles. The van der Waals surface area contributed by atoms with Crippen LogP contribution < -0.4 is 0 Å². The summed E-state index contributed by atoms with van der Waals surface area (Å²) in [5, 5.41) is 4.19. The van der Waals surface area contributed by atoms with E-state index in [9.17, 15) is 4.79 Å². The fourth-order valence-electron chi connectivity index (χ4n) is 2.85. The molecule has 0 N–H and O–H groups in total. The normalized spacial score (nSPS) is 20.5. The topological polar surface area (TPSA) is 47.4 Å². The monoisotopic (exact) mass is 265 g/mol. The predicted molar refractivity (Wildman–Crippen MR) is 72.9 cm³/mol. The quantitative estimate of drug-likeness (QED) is 0.781. The molecule has 2 rings (SSSR count). The van der Waals surface area contributed by atoms with Crippen molar-refractivity contribution in [3.8, 4) is 0 Å². The Kier molecular flexibility index (Phi) is 4.58. The summed E-state index contributed by atoms with van der Waals surface area (Å²) < 4.78 is 6.61. The van der Waals surface area contributed by atoms with E-state index in [1.165, 1.54) is 26.4 Å². The number of nitrogens with zero attached hydrogens (tertiary/aromatic N) is 3. The molecule has 1 aromatic rings. The van der Waals surface area contributed by atoms with Gasteiger partial charge in [-0.3, -0.25) is 9.58 Å². The molecular weight excluding hydrogens is 242 g/mol. The highest BCUT2D eigenvalue weighted by atomic mass is 16.5. The molecule has 5 heteroatoms. The third-order valence-corrected chi connectivity index (χ3v) is 4.04. The fraction of sp³-hybridized carbons (Fsp3) is 0.714. The second-order valence-corrected chi connectivity index (χ2v) is 5.15. The minimum atomic E-state index is -0.298. The summed E-state index contributed by atoms with van der Waals surface area (Å²) >= 11 is 0. The number of hydrogen-bond donors (Lipinski definition) is 0. The van der Waals surface area contributed by atoms with E-state index in [1.54, 1.807) is 10.9 Å². The summed E-state index contributed by atoms with van der Waals surface area (Å²) in [6.07, 6.45) is 6.56. The van der Waals surface area contributed by atoms with Gasteiger partial charge in [-0.25, -0.2) is 4.79 Å². The van der Waals surface area contributed by atoms with Gasteiger partial charge in [-0.15, -0.1) is 0 Å². The number of aryl methyl sites for hydroxylation is 1. The Bertz CT molecular complexity index is 442. The van der Waals surface area contributed by atoms with E-state index in [0.29, 0.717) is 11.6 Å². The molecule has 1 saturated heterocycles. The van der Waals surface area contributed by atoms with Gasteiger partial charge >= 0.3 is 5.97 Å². The van der Waals surface area contributed by atoms with Crippen LogP contribution in [0, 0.1) is 0 Å². The number of piperidine rings is 1. The van der Waals surface area contributed by atoms with Crippen LogP contribution in [0.3, 0.4) is 0 Å². The van der Waals surface area contributed by atoms with E-state index in [0.717, 1.165) is 25.2 Å². The molecule has 2 heterocycles. The van der Waals surface area contributed by atoms with Gasteiger partial charge in [-0.1, -0.05) is 13.3 Å². The zero-order valence-electron chi connectivity index (χ0n) is 12.1. The maximum atomic E-state index is 11.7. The summed E-state index contributed by atoms with van der Waals surface area (Å²) in [5.41, 5.74) is 1.54. The highest BCUT2D eigenvalue weighted by Gasteiger charge is 2.24. The summed E-state index contributed by atoms with van der Waals surface area (Å²) in [6.45, 7) is 4.11. The van der Waals surface area contributed by atoms with Crippen molar-refractivity contribution in [1.29, 1.82) is 0 Å². The molecule has 1 aliphatic rings. The highest BCUT2D eigenvalue weighted by molar-refractivity contribution is 5.90. The Morgan fingerprint density at radius 1 is 1.53 bits per heavy atom. The lowest BCUT2D eigenvalue weighted by Gasteiger charge is -2.35. The van der Waals surface area contributed by atoms with Gasteiger partial charge in [0.15, 0.2) is 0 Å². The highest BCUT2D eigenvalue weighted by Crippen LogP contribution is 2.22. The Morgan fingerprint density at radius 3 is 3.00 bits per heavy atom. The second-order valence-electron chi connectivity index (χ2n) is 5.15. The Morgan fingerprint density at radius 2 is 2.32 bits per heavy atom. The van der Waals surface area contributed by atoms with Gasteiger partial charge in [-0.2, -0.15) is 5.10 Å². The smallest absolute Gasteiger partial charge is 0.341 e. The average molecular weight is 265 g/mol. The van der Waals surface area contributed by atoms with Crippen LogP contribution in [0.5, 0.6) is 0 Å². The van der Waals surface area contributed by atoms with Crippen molar-refractivity contribution in [3.63, 3.8) is 0 Å². The predicted octanol–water partition coefficient (Wildman–Crippen LogP) is 1.97. The number of carbonyl (C=O) groups is 1. The molecule has 5 nitrogen and oxygen atoms in total. The van der Waals surface area contributed by atoms with Crippen LogP contribution in [0.4, 0.5) is 0 Å². The SMILES string of the molecule is CC[C@@H]1CCCCN1Cc1c(C(=O)OC)cnn1C. The molecule has 106 valence electrons. The zero-order chi connectivity index (χ0) is 13.8. The minimum Gasteiger partial charge on any atom is -0.465 e. The van der Waals surface area contributed by atoms with E-state index in [2.05, 4.69) is 16.9 Å². The molecule has 1 fully saturated rings. The van der Waals surface area contributed by atoms with Crippen LogP contribution in [0.2, 0.25) is 0 Å². The first-order chi connectivity index (χ1) is 9.17. The van der Waals surface area contributed by atoms with Crippen LogP contribution in [-0.2, 0) is 18.3 Å². The maximum Gasteiger partial charge on any atom is 0.341 e.